The molecule has 0 rings (SSSR count). The van der Waals surface area contributed by atoms with E-state index in [9.17, 15) is 0 Å². The van der Waals surface area contributed by atoms with Gasteiger partial charge in [0.1, 0.15) is 6.10 Å². The quantitative estimate of drug-likeness (QED) is 0.511. The molecule has 0 aliphatic carbocycles. The fraction of sp³-hybridized carbons (Fsp3) is 1.00. The normalized spacial score (nSPS) is 13.1. The van der Waals surface area contributed by atoms with Gasteiger partial charge in [0.25, 0.3) is 0 Å². The van der Waals surface area contributed by atoms with E-state index < -0.39 is 0 Å². The molecule has 0 aromatic carbocycles. The zero-order chi connectivity index (χ0) is 10.6. The second-order valence-electron chi connectivity index (χ2n) is 3.38. The van der Waals surface area contributed by atoms with Gasteiger partial charge in [0.05, 0.1) is 13.2 Å². The first-order valence-electron chi connectivity index (χ1n) is 5.53. The average Bonchev–Trinajstić information content (AvgIpc) is 2.20. The van der Waals surface area contributed by atoms with Crippen molar-refractivity contribution >= 4 is 0 Å². The minimum Gasteiger partial charge on any atom is -0.382 e. The van der Waals surface area contributed by atoms with Crippen molar-refractivity contribution in [1.29, 1.82) is 0 Å². The lowest BCUT2D eigenvalue weighted by Crippen LogP contribution is -2.25. The zero-order valence-electron chi connectivity index (χ0n) is 9.75. The van der Waals surface area contributed by atoms with Gasteiger partial charge in [0, 0.05) is 20.3 Å². The van der Waals surface area contributed by atoms with Crippen molar-refractivity contribution in [2.24, 2.45) is 0 Å². The summed E-state index contributed by atoms with van der Waals surface area (Å²) in [6.07, 6.45) is 3.42. The van der Waals surface area contributed by atoms with Gasteiger partial charge in [-0.25, -0.2) is 0 Å². The highest BCUT2D eigenvalue weighted by atomic mass is 16.6. The van der Waals surface area contributed by atoms with E-state index in [4.69, 9.17) is 14.2 Å². The fourth-order valence-corrected chi connectivity index (χ4v) is 1.08. The molecule has 0 aliphatic rings. The lowest BCUT2D eigenvalue weighted by Gasteiger charge is -2.16. The number of unbranched alkanes of at least 4 members (excludes halogenated alkanes) is 1. The summed E-state index contributed by atoms with van der Waals surface area (Å²) < 4.78 is 16.1. The van der Waals surface area contributed by atoms with Gasteiger partial charge in [-0.15, -0.1) is 0 Å². The molecule has 0 saturated heterocycles. The van der Waals surface area contributed by atoms with Gasteiger partial charge in [-0.3, -0.25) is 0 Å². The van der Waals surface area contributed by atoms with E-state index in [-0.39, 0.29) is 6.10 Å². The van der Waals surface area contributed by atoms with E-state index in [0.29, 0.717) is 13.2 Å². The predicted molar refractivity (Wildman–Crippen MR) is 57.6 cm³/mol. The number of ether oxygens (including phenoxy) is 3. The first-order valence-corrected chi connectivity index (χ1v) is 5.53. The molecular formula is C11H24O3. The predicted octanol–water partition coefficient (Wildman–Crippen LogP) is 2.24. The van der Waals surface area contributed by atoms with Crippen LogP contribution in [0.4, 0.5) is 0 Å². The van der Waals surface area contributed by atoms with Crippen molar-refractivity contribution in [3.05, 3.63) is 0 Å². The summed E-state index contributed by atoms with van der Waals surface area (Å²) >= 11 is 0. The molecule has 14 heavy (non-hydrogen) atoms. The topological polar surface area (TPSA) is 27.7 Å². The van der Waals surface area contributed by atoms with Crippen molar-refractivity contribution in [2.75, 3.05) is 33.5 Å². The van der Waals surface area contributed by atoms with Crippen LogP contribution in [-0.4, -0.2) is 39.6 Å². The number of rotatable bonds is 10. The molecule has 3 nitrogen and oxygen atoms in total. The van der Waals surface area contributed by atoms with E-state index in [1.807, 2.05) is 0 Å². The minimum atomic E-state index is 0.0943. The van der Waals surface area contributed by atoms with Gasteiger partial charge in [-0.2, -0.15) is 0 Å². The Morgan fingerprint density at radius 3 is 2.36 bits per heavy atom. The smallest absolute Gasteiger partial charge is 0.104 e. The van der Waals surface area contributed by atoms with Crippen LogP contribution in [0.3, 0.4) is 0 Å². The van der Waals surface area contributed by atoms with E-state index in [0.717, 1.165) is 26.1 Å². The summed E-state index contributed by atoms with van der Waals surface area (Å²) in [4.78, 5) is 0. The molecule has 0 amide bonds. The first kappa shape index (κ1) is 13.9. The average molecular weight is 204 g/mol. The van der Waals surface area contributed by atoms with Crippen LogP contribution in [0.1, 0.15) is 33.1 Å². The largest absolute Gasteiger partial charge is 0.382 e. The second kappa shape index (κ2) is 11.0. The van der Waals surface area contributed by atoms with E-state index >= 15 is 0 Å². The molecule has 0 saturated carbocycles. The number of hydrogen-bond donors (Lipinski definition) is 0. The minimum absolute atomic E-state index is 0.0943. The van der Waals surface area contributed by atoms with Gasteiger partial charge in [-0.1, -0.05) is 20.3 Å². The molecule has 0 aliphatic heterocycles. The van der Waals surface area contributed by atoms with Crippen LogP contribution >= 0.6 is 0 Å². The van der Waals surface area contributed by atoms with Gasteiger partial charge >= 0.3 is 0 Å². The molecule has 0 bridgehead atoms. The van der Waals surface area contributed by atoms with Crippen LogP contribution in [-0.2, 0) is 14.2 Å². The SMILES string of the molecule is CCCCOCC(COC)OCCC. The molecule has 0 fully saturated rings. The lowest BCUT2D eigenvalue weighted by molar-refractivity contribution is -0.0512. The lowest BCUT2D eigenvalue weighted by atomic mass is 10.3. The van der Waals surface area contributed by atoms with Crippen LogP contribution < -0.4 is 0 Å². The third-order valence-electron chi connectivity index (χ3n) is 1.86. The molecular weight excluding hydrogens is 180 g/mol. The summed E-state index contributed by atoms with van der Waals surface area (Å²) in [6.45, 7) is 7.13. The van der Waals surface area contributed by atoms with Gasteiger partial charge in [0.15, 0.2) is 0 Å². The Morgan fingerprint density at radius 2 is 1.79 bits per heavy atom. The molecule has 0 spiro atoms. The molecule has 0 N–H and O–H groups in total. The van der Waals surface area contributed by atoms with Gasteiger partial charge in [0.2, 0.25) is 0 Å². The Morgan fingerprint density at radius 1 is 1.00 bits per heavy atom. The highest BCUT2D eigenvalue weighted by Gasteiger charge is 2.07. The van der Waals surface area contributed by atoms with Crippen LogP contribution in [0.2, 0.25) is 0 Å². The molecule has 0 aromatic rings. The summed E-state index contributed by atoms with van der Waals surface area (Å²) in [5.41, 5.74) is 0. The second-order valence-corrected chi connectivity index (χ2v) is 3.38. The maximum atomic E-state index is 5.56. The van der Waals surface area contributed by atoms with Crippen molar-refractivity contribution in [3.63, 3.8) is 0 Å². The standard InChI is InChI=1S/C11H24O3/c1-4-6-8-13-10-11(9-12-3)14-7-5-2/h11H,4-10H2,1-3H3. The Balaban J connectivity index is 3.40. The molecule has 3 heteroatoms. The third-order valence-corrected chi connectivity index (χ3v) is 1.86. The summed E-state index contributed by atoms with van der Waals surface area (Å²) in [7, 11) is 1.69. The van der Waals surface area contributed by atoms with E-state index in [1.165, 1.54) is 6.42 Å². The fourth-order valence-electron chi connectivity index (χ4n) is 1.08. The maximum absolute atomic E-state index is 5.56. The molecule has 1 unspecified atom stereocenters. The molecule has 0 radical (unpaired) electrons. The van der Waals surface area contributed by atoms with Crippen molar-refractivity contribution < 1.29 is 14.2 Å². The Bertz CT molecular complexity index is 107. The summed E-state index contributed by atoms with van der Waals surface area (Å²) in [5, 5.41) is 0. The monoisotopic (exact) mass is 204 g/mol. The third kappa shape index (κ3) is 8.48. The number of methoxy groups -OCH3 is 1. The summed E-state index contributed by atoms with van der Waals surface area (Å²) in [5.74, 6) is 0. The Labute approximate surface area is 87.7 Å². The van der Waals surface area contributed by atoms with E-state index in [1.54, 1.807) is 7.11 Å². The van der Waals surface area contributed by atoms with Crippen molar-refractivity contribution in [2.45, 2.75) is 39.2 Å². The highest BCUT2D eigenvalue weighted by molar-refractivity contribution is 4.54. The van der Waals surface area contributed by atoms with Crippen LogP contribution in [0.25, 0.3) is 0 Å². The van der Waals surface area contributed by atoms with Crippen LogP contribution in [0, 0.1) is 0 Å². The molecule has 86 valence electrons. The van der Waals surface area contributed by atoms with E-state index in [2.05, 4.69) is 13.8 Å². The van der Waals surface area contributed by atoms with Gasteiger partial charge < -0.3 is 14.2 Å². The van der Waals surface area contributed by atoms with Crippen LogP contribution in [0.5, 0.6) is 0 Å². The van der Waals surface area contributed by atoms with Crippen molar-refractivity contribution in [1.82, 2.24) is 0 Å². The Kier molecular flexibility index (Phi) is 10.9. The Hall–Kier alpha value is -0.120. The first-order chi connectivity index (χ1) is 6.85. The van der Waals surface area contributed by atoms with Crippen LogP contribution in [0.15, 0.2) is 0 Å². The molecule has 1 atom stereocenters. The van der Waals surface area contributed by atoms with Crippen molar-refractivity contribution in [3.8, 4) is 0 Å². The van der Waals surface area contributed by atoms with Gasteiger partial charge in [-0.05, 0) is 12.8 Å². The highest BCUT2D eigenvalue weighted by Crippen LogP contribution is 1.97. The maximum Gasteiger partial charge on any atom is 0.104 e. The zero-order valence-corrected chi connectivity index (χ0v) is 9.75. The number of hydrogen-bond acceptors (Lipinski definition) is 3. The molecule has 0 heterocycles. The molecule has 0 aromatic heterocycles. The summed E-state index contributed by atoms with van der Waals surface area (Å²) in [6, 6.07) is 0.